The molecule has 0 aliphatic carbocycles. The molecule has 0 radical (unpaired) electrons. The minimum absolute atomic E-state index is 0.00757. The van der Waals surface area contributed by atoms with Crippen molar-refractivity contribution in [3.05, 3.63) is 0 Å². The molecule has 1 heterocycles. The van der Waals surface area contributed by atoms with Crippen LogP contribution in [0, 0.1) is 0 Å². The average Bonchev–Trinajstić information content (AvgIpc) is 2.63. The summed E-state index contributed by atoms with van der Waals surface area (Å²) < 4.78 is 49.1. The number of rotatable bonds is 3. The first-order valence-corrected chi connectivity index (χ1v) is 4.49. The van der Waals surface area contributed by atoms with Crippen molar-refractivity contribution in [2.45, 2.75) is 31.2 Å². The van der Waals surface area contributed by atoms with Gasteiger partial charge in [-0.05, 0) is 12.8 Å². The summed E-state index contributed by atoms with van der Waals surface area (Å²) in [6, 6.07) is -0.762. The predicted molar refractivity (Wildman–Crippen MR) is 42.8 cm³/mol. The molecule has 0 aromatic heterocycles. The highest BCUT2D eigenvalue weighted by Gasteiger charge is 2.52. The van der Waals surface area contributed by atoms with E-state index in [1.54, 1.807) is 0 Å². The average molecular weight is 229 g/mol. The molecule has 0 aromatic carbocycles. The number of alkyl halides is 4. The van der Waals surface area contributed by atoms with E-state index in [9.17, 15) is 22.4 Å². The Labute approximate surface area is 83.7 Å². The topological polar surface area (TPSA) is 40.5 Å². The number of halogens is 4. The number of hydrogen-bond acceptors (Lipinski definition) is 2. The highest BCUT2D eigenvalue weighted by atomic mass is 19.3. The molecular weight excluding hydrogens is 218 g/mol. The molecular formula is C8H11F4NO2. The van der Waals surface area contributed by atoms with Gasteiger partial charge in [0.1, 0.15) is 0 Å². The molecule has 7 heteroatoms. The lowest BCUT2D eigenvalue weighted by Crippen LogP contribution is -2.50. The van der Waals surface area contributed by atoms with Gasteiger partial charge in [-0.2, -0.15) is 8.78 Å². The molecule has 1 atom stereocenters. The molecule has 1 saturated heterocycles. The van der Waals surface area contributed by atoms with Gasteiger partial charge in [-0.3, -0.25) is 4.79 Å². The van der Waals surface area contributed by atoms with Crippen LogP contribution in [0.5, 0.6) is 0 Å². The van der Waals surface area contributed by atoms with Gasteiger partial charge in [-0.1, -0.05) is 0 Å². The van der Waals surface area contributed by atoms with E-state index in [4.69, 9.17) is 5.11 Å². The number of carbonyl (C=O) groups is 1. The zero-order chi connectivity index (χ0) is 11.6. The Morgan fingerprint density at radius 3 is 2.60 bits per heavy atom. The van der Waals surface area contributed by atoms with Crippen LogP contribution in [0.1, 0.15) is 12.8 Å². The van der Waals surface area contributed by atoms with Gasteiger partial charge in [-0.15, -0.1) is 0 Å². The van der Waals surface area contributed by atoms with E-state index >= 15 is 0 Å². The van der Waals surface area contributed by atoms with E-state index in [1.165, 1.54) is 0 Å². The van der Waals surface area contributed by atoms with Crippen molar-refractivity contribution >= 4 is 5.91 Å². The maximum atomic E-state index is 12.7. The Balaban J connectivity index is 2.75. The Morgan fingerprint density at radius 1 is 1.53 bits per heavy atom. The standard InChI is InChI=1S/C8H11F4NO2/c9-6(10)8(11,12)7(15)13-3-1-2-5(13)4-14/h5-6,14H,1-4H2. The fourth-order valence-electron chi connectivity index (χ4n) is 1.58. The van der Waals surface area contributed by atoms with Crippen LogP contribution in [0.4, 0.5) is 17.6 Å². The van der Waals surface area contributed by atoms with Crippen LogP contribution in [0.25, 0.3) is 0 Å². The van der Waals surface area contributed by atoms with Crippen LogP contribution in [-0.2, 0) is 4.79 Å². The molecule has 3 nitrogen and oxygen atoms in total. The first-order valence-electron chi connectivity index (χ1n) is 4.49. The third-order valence-electron chi connectivity index (χ3n) is 2.41. The van der Waals surface area contributed by atoms with Crippen LogP contribution >= 0.6 is 0 Å². The first kappa shape index (κ1) is 12.2. The Hall–Kier alpha value is -0.850. The first-order chi connectivity index (χ1) is 6.91. The van der Waals surface area contributed by atoms with Crippen LogP contribution in [0.2, 0.25) is 0 Å². The van der Waals surface area contributed by atoms with Gasteiger partial charge >= 0.3 is 12.3 Å². The van der Waals surface area contributed by atoms with E-state index in [0.29, 0.717) is 17.7 Å². The summed E-state index contributed by atoms with van der Waals surface area (Å²) in [5, 5.41) is 8.76. The number of amides is 1. The molecule has 0 bridgehead atoms. The zero-order valence-electron chi connectivity index (χ0n) is 7.80. The largest absolute Gasteiger partial charge is 0.394 e. The number of likely N-dealkylation sites (tertiary alicyclic amines) is 1. The number of carbonyl (C=O) groups excluding carboxylic acids is 1. The van der Waals surface area contributed by atoms with Crippen molar-refractivity contribution < 1.29 is 27.5 Å². The summed E-state index contributed by atoms with van der Waals surface area (Å²) in [7, 11) is 0. The molecule has 0 saturated carbocycles. The van der Waals surface area contributed by atoms with Gasteiger partial charge in [0.2, 0.25) is 0 Å². The van der Waals surface area contributed by atoms with Crippen LogP contribution in [0.3, 0.4) is 0 Å². The van der Waals surface area contributed by atoms with Crippen LogP contribution in [-0.4, -0.2) is 47.5 Å². The lowest BCUT2D eigenvalue weighted by atomic mass is 10.2. The lowest BCUT2D eigenvalue weighted by Gasteiger charge is -2.26. The molecule has 1 amide bonds. The van der Waals surface area contributed by atoms with Gasteiger partial charge in [-0.25, -0.2) is 8.78 Å². The van der Waals surface area contributed by atoms with Crippen LogP contribution < -0.4 is 0 Å². The normalized spacial score (nSPS) is 22.5. The molecule has 1 N–H and O–H groups in total. The quantitative estimate of drug-likeness (QED) is 0.729. The van der Waals surface area contributed by atoms with Crippen LogP contribution in [0.15, 0.2) is 0 Å². The van der Waals surface area contributed by atoms with Crippen molar-refractivity contribution in [3.63, 3.8) is 0 Å². The van der Waals surface area contributed by atoms with Gasteiger partial charge in [0.25, 0.3) is 5.91 Å². The van der Waals surface area contributed by atoms with Gasteiger partial charge < -0.3 is 10.0 Å². The lowest BCUT2D eigenvalue weighted by molar-refractivity contribution is -0.182. The summed E-state index contributed by atoms with van der Waals surface area (Å²) in [6.45, 7) is -0.489. The smallest absolute Gasteiger partial charge is 0.383 e. The van der Waals surface area contributed by atoms with Gasteiger partial charge in [0.05, 0.1) is 12.6 Å². The van der Waals surface area contributed by atoms with Gasteiger partial charge in [0, 0.05) is 6.54 Å². The zero-order valence-corrected chi connectivity index (χ0v) is 7.80. The highest BCUT2D eigenvalue weighted by molar-refractivity contribution is 5.84. The molecule has 88 valence electrons. The van der Waals surface area contributed by atoms with Gasteiger partial charge in [0.15, 0.2) is 0 Å². The minimum Gasteiger partial charge on any atom is -0.394 e. The second-order valence-corrected chi connectivity index (χ2v) is 3.40. The van der Waals surface area contributed by atoms with E-state index in [2.05, 4.69) is 0 Å². The third-order valence-corrected chi connectivity index (χ3v) is 2.41. The summed E-state index contributed by atoms with van der Waals surface area (Å²) in [6.07, 6.45) is -3.21. The fraction of sp³-hybridized carbons (Fsp3) is 0.875. The van der Waals surface area contributed by atoms with E-state index < -0.39 is 30.9 Å². The van der Waals surface area contributed by atoms with E-state index in [-0.39, 0.29) is 6.54 Å². The Bertz CT molecular complexity index is 247. The minimum atomic E-state index is -4.66. The summed E-state index contributed by atoms with van der Waals surface area (Å²) in [4.78, 5) is 11.7. The number of nitrogens with zero attached hydrogens (tertiary/aromatic N) is 1. The Kier molecular flexibility index (Phi) is 3.54. The van der Waals surface area contributed by atoms with E-state index in [1.807, 2.05) is 0 Å². The molecule has 1 aliphatic heterocycles. The van der Waals surface area contributed by atoms with Crippen molar-refractivity contribution in [2.75, 3.05) is 13.2 Å². The van der Waals surface area contributed by atoms with Crippen molar-refractivity contribution in [2.24, 2.45) is 0 Å². The maximum absolute atomic E-state index is 12.7. The molecule has 1 fully saturated rings. The summed E-state index contributed by atoms with van der Waals surface area (Å²) in [5.74, 6) is -6.55. The molecule has 1 unspecified atom stereocenters. The summed E-state index contributed by atoms with van der Waals surface area (Å²) >= 11 is 0. The monoisotopic (exact) mass is 229 g/mol. The summed E-state index contributed by atoms with van der Waals surface area (Å²) in [5.41, 5.74) is 0. The van der Waals surface area contributed by atoms with E-state index in [0.717, 1.165) is 0 Å². The Morgan fingerprint density at radius 2 is 2.13 bits per heavy atom. The second kappa shape index (κ2) is 4.34. The number of hydrogen-bond donors (Lipinski definition) is 1. The maximum Gasteiger partial charge on any atom is 0.383 e. The van der Waals surface area contributed by atoms with Crippen molar-refractivity contribution in [3.8, 4) is 0 Å². The number of aliphatic hydroxyl groups excluding tert-OH is 1. The van der Waals surface area contributed by atoms with Crippen molar-refractivity contribution in [1.29, 1.82) is 0 Å². The van der Waals surface area contributed by atoms with Crippen molar-refractivity contribution in [1.82, 2.24) is 4.90 Å². The molecule has 0 spiro atoms. The fourth-order valence-corrected chi connectivity index (χ4v) is 1.58. The predicted octanol–water partition coefficient (Wildman–Crippen LogP) is 0.870. The highest BCUT2D eigenvalue weighted by Crippen LogP contribution is 2.29. The third kappa shape index (κ3) is 2.22. The molecule has 1 rings (SSSR count). The SMILES string of the molecule is O=C(N1CCCC1CO)C(F)(F)C(F)F. The molecule has 1 aliphatic rings. The second-order valence-electron chi connectivity index (χ2n) is 3.40. The number of aliphatic hydroxyl groups is 1. The molecule has 0 aromatic rings. The molecule has 15 heavy (non-hydrogen) atoms.